The Hall–Kier alpha value is -1.84. The molecule has 0 radical (unpaired) electrons. The number of carbonyl (C=O) groups excluding carboxylic acids is 2. The highest BCUT2D eigenvalue weighted by atomic mass is 16.6. The second-order valence-corrected chi connectivity index (χ2v) is 3.94. The van der Waals surface area contributed by atoms with E-state index in [4.69, 9.17) is 9.47 Å². The van der Waals surface area contributed by atoms with Crippen LogP contribution < -0.4 is 0 Å². The van der Waals surface area contributed by atoms with E-state index >= 15 is 0 Å². The van der Waals surface area contributed by atoms with E-state index in [1.54, 1.807) is 44.2 Å². The van der Waals surface area contributed by atoms with Gasteiger partial charge < -0.3 is 9.47 Å². The molecule has 4 heteroatoms. The summed E-state index contributed by atoms with van der Waals surface area (Å²) in [5.74, 6) is -1.13. The fraction of sp³-hybridized carbons (Fsp3) is 0.385. The molecule has 90 valence electrons. The molecule has 0 N–H and O–H groups in total. The van der Waals surface area contributed by atoms with Crippen molar-refractivity contribution in [2.24, 2.45) is 5.41 Å². The maximum Gasteiger partial charge on any atom is 0.332 e. The van der Waals surface area contributed by atoms with Gasteiger partial charge in [0.15, 0.2) is 0 Å². The average Bonchev–Trinajstić information content (AvgIpc) is 2.48. The van der Waals surface area contributed by atoms with Gasteiger partial charge in [-0.05, 0) is 13.8 Å². The lowest BCUT2D eigenvalue weighted by Crippen LogP contribution is -2.37. The number of fused-ring (bicyclic) bond motifs is 1. The molecule has 2 atom stereocenters. The van der Waals surface area contributed by atoms with Gasteiger partial charge in [-0.3, -0.25) is 9.59 Å². The van der Waals surface area contributed by atoms with Gasteiger partial charge in [0.2, 0.25) is 5.41 Å². The van der Waals surface area contributed by atoms with Gasteiger partial charge in [0.25, 0.3) is 0 Å². The van der Waals surface area contributed by atoms with E-state index < -0.39 is 23.5 Å². The Morgan fingerprint density at radius 1 is 1.47 bits per heavy atom. The van der Waals surface area contributed by atoms with E-state index in [9.17, 15) is 9.59 Å². The van der Waals surface area contributed by atoms with E-state index in [-0.39, 0.29) is 6.61 Å². The van der Waals surface area contributed by atoms with Crippen LogP contribution in [0, 0.1) is 5.41 Å². The summed E-state index contributed by atoms with van der Waals surface area (Å²) in [6.45, 7) is 3.69. The third-order valence-corrected chi connectivity index (χ3v) is 2.94. The average molecular weight is 234 g/mol. The van der Waals surface area contributed by atoms with Gasteiger partial charge in [-0.2, -0.15) is 0 Å². The number of carbonyl (C=O) groups is 2. The quantitative estimate of drug-likeness (QED) is 0.537. The lowest BCUT2D eigenvalue weighted by atomic mass is 9.80. The van der Waals surface area contributed by atoms with E-state index in [0.29, 0.717) is 5.57 Å². The number of allylic oxidation sites excluding steroid dienone is 4. The van der Waals surface area contributed by atoms with Crippen LogP contribution >= 0.6 is 0 Å². The summed E-state index contributed by atoms with van der Waals surface area (Å²) in [5, 5.41) is 0. The Morgan fingerprint density at radius 3 is 2.94 bits per heavy atom. The molecule has 0 aromatic carbocycles. The van der Waals surface area contributed by atoms with Gasteiger partial charge in [-0.15, -0.1) is 0 Å². The SMILES string of the molecule is CCOC(=O)[C@]12C=CC=CC=C1[C@H](C)OC2=O. The first-order chi connectivity index (χ1) is 8.13. The molecule has 17 heavy (non-hydrogen) atoms. The van der Waals surface area contributed by atoms with Gasteiger partial charge in [-0.1, -0.05) is 30.4 Å². The standard InChI is InChI=1S/C13H14O4/c1-3-16-11(14)13-8-6-4-5-7-10(13)9(2)17-12(13)15/h4-9H,3H2,1-2H3/t9-,13-/m0/s1. The molecule has 1 fully saturated rings. The summed E-state index contributed by atoms with van der Waals surface area (Å²) in [5.41, 5.74) is -0.759. The van der Waals surface area contributed by atoms with Gasteiger partial charge in [-0.25, -0.2) is 0 Å². The highest BCUT2D eigenvalue weighted by molar-refractivity contribution is 6.08. The van der Waals surface area contributed by atoms with Crippen molar-refractivity contribution in [3.8, 4) is 0 Å². The molecule has 0 aromatic rings. The summed E-state index contributed by atoms with van der Waals surface area (Å²) in [6.07, 6.45) is 8.11. The number of hydrogen-bond acceptors (Lipinski definition) is 4. The first-order valence-corrected chi connectivity index (χ1v) is 5.57. The molecule has 0 amide bonds. The van der Waals surface area contributed by atoms with E-state index in [0.717, 1.165) is 0 Å². The third kappa shape index (κ3) is 1.60. The van der Waals surface area contributed by atoms with Crippen molar-refractivity contribution >= 4 is 11.9 Å². The van der Waals surface area contributed by atoms with Crippen molar-refractivity contribution in [1.29, 1.82) is 0 Å². The molecule has 0 saturated carbocycles. The summed E-state index contributed by atoms with van der Waals surface area (Å²) in [6, 6.07) is 0. The molecule has 1 aliphatic heterocycles. The van der Waals surface area contributed by atoms with Gasteiger partial charge in [0, 0.05) is 5.57 Å². The molecule has 0 aromatic heterocycles. The Labute approximate surface area is 99.6 Å². The Kier molecular flexibility index (Phi) is 2.88. The van der Waals surface area contributed by atoms with E-state index in [1.807, 2.05) is 0 Å². The van der Waals surface area contributed by atoms with Crippen LogP contribution in [0.5, 0.6) is 0 Å². The smallest absolute Gasteiger partial charge is 0.332 e. The zero-order valence-corrected chi connectivity index (χ0v) is 9.80. The van der Waals surface area contributed by atoms with E-state index in [2.05, 4.69) is 0 Å². The Balaban J connectivity index is 2.52. The van der Waals surface area contributed by atoms with Crippen LogP contribution in [0.15, 0.2) is 36.0 Å². The Morgan fingerprint density at radius 2 is 2.24 bits per heavy atom. The number of esters is 2. The van der Waals surface area contributed by atoms with Crippen LogP contribution in [0.4, 0.5) is 0 Å². The molecule has 0 bridgehead atoms. The van der Waals surface area contributed by atoms with Gasteiger partial charge in [0.1, 0.15) is 6.10 Å². The van der Waals surface area contributed by atoms with Crippen LogP contribution in [0.1, 0.15) is 13.8 Å². The summed E-state index contributed by atoms with van der Waals surface area (Å²) in [7, 11) is 0. The summed E-state index contributed by atoms with van der Waals surface area (Å²) >= 11 is 0. The topological polar surface area (TPSA) is 52.6 Å². The largest absolute Gasteiger partial charge is 0.465 e. The van der Waals surface area contributed by atoms with Crippen LogP contribution in [0.2, 0.25) is 0 Å². The zero-order chi connectivity index (χ0) is 12.5. The maximum atomic E-state index is 12.1. The molecule has 1 heterocycles. The molecule has 1 aliphatic carbocycles. The zero-order valence-electron chi connectivity index (χ0n) is 9.80. The second-order valence-electron chi connectivity index (χ2n) is 3.94. The first kappa shape index (κ1) is 11.6. The fourth-order valence-electron chi connectivity index (χ4n) is 2.12. The Bertz CT molecular complexity index is 444. The molecule has 0 unspecified atom stereocenters. The number of cyclic esters (lactones) is 1. The molecular formula is C13H14O4. The maximum absolute atomic E-state index is 12.1. The first-order valence-electron chi connectivity index (χ1n) is 5.57. The van der Waals surface area contributed by atoms with Crippen LogP contribution in [-0.4, -0.2) is 24.6 Å². The van der Waals surface area contributed by atoms with Crippen LogP contribution in [0.3, 0.4) is 0 Å². The third-order valence-electron chi connectivity index (χ3n) is 2.94. The van der Waals surface area contributed by atoms with Crippen molar-refractivity contribution in [3.05, 3.63) is 36.0 Å². The second kappa shape index (κ2) is 4.20. The summed E-state index contributed by atoms with van der Waals surface area (Å²) in [4.78, 5) is 24.0. The fourth-order valence-corrected chi connectivity index (χ4v) is 2.12. The molecule has 4 nitrogen and oxygen atoms in total. The molecule has 0 spiro atoms. The van der Waals surface area contributed by atoms with Crippen molar-refractivity contribution in [1.82, 2.24) is 0 Å². The van der Waals surface area contributed by atoms with Crippen molar-refractivity contribution in [2.75, 3.05) is 6.61 Å². The predicted molar refractivity (Wildman–Crippen MR) is 61.0 cm³/mol. The molecule has 2 rings (SSSR count). The number of hydrogen-bond donors (Lipinski definition) is 0. The molecular weight excluding hydrogens is 220 g/mol. The van der Waals surface area contributed by atoms with Gasteiger partial charge >= 0.3 is 11.9 Å². The minimum atomic E-state index is -1.39. The number of rotatable bonds is 2. The summed E-state index contributed by atoms with van der Waals surface area (Å²) < 4.78 is 10.1. The molecule has 2 aliphatic rings. The highest BCUT2D eigenvalue weighted by Gasteiger charge is 2.57. The number of ether oxygens (including phenoxy) is 2. The normalized spacial score (nSPS) is 30.4. The highest BCUT2D eigenvalue weighted by Crippen LogP contribution is 2.42. The van der Waals surface area contributed by atoms with Crippen LogP contribution in [-0.2, 0) is 19.1 Å². The minimum Gasteiger partial charge on any atom is -0.465 e. The van der Waals surface area contributed by atoms with Gasteiger partial charge in [0.05, 0.1) is 6.61 Å². The molecule has 1 saturated heterocycles. The lowest BCUT2D eigenvalue weighted by Gasteiger charge is -2.20. The predicted octanol–water partition coefficient (Wildman–Crippen LogP) is 1.53. The van der Waals surface area contributed by atoms with Crippen molar-refractivity contribution in [2.45, 2.75) is 20.0 Å². The monoisotopic (exact) mass is 234 g/mol. The van der Waals surface area contributed by atoms with E-state index in [1.165, 1.54) is 0 Å². The minimum absolute atomic E-state index is 0.233. The van der Waals surface area contributed by atoms with Crippen molar-refractivity contribution < 1.29 is 19.1 Å². The van der Waals surface area contributed by atoms with Crippen LogP contribution in [0.25, 0.3) is 0 Å². The lowest BCUT2D eigenvalue weighted by molar-refractivity contribution is -0.160. The van der Waals surface area contributed by atoms with Crippen molar-refractivity contribution in [3.63, 3.8) is 0 Å².